The van der Waals surface area contributed by atoms with Gasteiger partial charge in [-0.3, -0.25) is 4.57 Å². The molecule has 234 valence electrons. The van der Waals surface area contributed by atoms with Gasteiger partial charge >= 0.3 is 0 Å². The number of nitrogens with one attached hydrogen (secondary N) is 1. The molecule has 0 fully saturated rings. The summed E-state index contributed by atoms with van der Waals surface area (Å²) >= 11 is 0. The molecule has 0 atom stereocenters. The van der Waals surface area contributed by atoms with Crippen LogP contribution in [0.15, 0.2) is 146 Å². The molecule has 0 amide bonds. The summed E-state index contributed by atoms with van der Waals surface area (Å²) in [6, 6.07) is 48.1. The summed E-state index contributed by atoms with van der Waals surface area (Å²) < 4.78 is 2.25. The van der Waals surface area contributed by atoms with E-state index in [2.05, 4.69) is 139 Å². The molecule has 0 spiro atoms. The van der Waals surface area contributed by atoms with Crippen LogP contribution < -0.4 is 0 Å². The van der Waals surface area contributed by atoms with Gasteiger partial charge in [0.15, 0.2) is 0 Å². The van der Waals surface area contributed by atoms with Crippen molar-refractivity contribution < 1.29 is 5.11 Å². The van der Waals surface area contributed by atoms with Gasteiger partial charge in [-0.2, -0.15) is 0 Å². The van der Waals surface area contributed by atoms with Gasteiger partial charge in [0.05, 0.1) is 22.2 Å². The molecule has 3 heterocycles. The second-order valence-electron chi connectivity index (χ2n) is 12.7. The summed E-state index contributed by atoms with van der Waals surface area (Å²) in [7, 11) is 0. The maximum absolute atomic E-state index is 11.1. The molecular formula is C44H32N4O. The number of hydrogen-bond donors (Lipinski definition) is 2. The molecule has 0 aliphatic heterocycles. The average molecular weight is 633 g/mol. The van der Waals surface area contributed by atoms with E-state index in [1.54, 1.807) is 6.07 Å². The molecule has 0 saturated heterocycles. The fraction of sp³-hybridized carbons (Fsp3) is 0.0455. The van der Waals surface area contributed by atoms with E-state index in [1.807, 2.05) is 24.4 Å². The van der Waals surface area contributed by atoms with Crippen molar-refractivity contribution in [1.82, 2.24) is 19.5 Å². The zero-order valence-corrected chi connectivity index (χ0v) is 27.1. The van der Waals surface area contributed by atoms with Gasteiger partial charge in [0, 0.05) is 33.8 Å². The molecule has 9 rings (SSSR count). The van der Waals surface area contributed by atoms with E-state index in [9.17, 15) is 5.11 Å². The molecule has 5 nitrogen and oxygen atoms in total. The molecule has 0 aliphatic rings. The van der Waals surface area contributed by atoms with Crippen LogP contribution in [0.2, 0.25) is 0 Å². The van der Waals surface area contributed by atoms with Crippen LogP contribution in [0.4, 0.5) is 0 Å². The quantitative estimate of drug-likeness (QED) is 0.198. The third-order valence-corrected chi connectivity index (χ3v) is 9.35. The molecule has 9 aromatic rings. The summed E-state index contributed by atoms with van der Waals surface area (Å²) in [5.41, 5.74) is 13.8. The minimum absolute atomic E-state index is 0.152. The van der Waals surface area contributed by atoms with Crippen molar-refractivity contribution in [3.63, 3.8) is 0 Å². The predicted octanol–water partition coefficient (Wildman–Crippen LogP) is 11.0. The monoisotopic (exact) mass is 632 g/mol. The first-order valence-corrected chi connectivity index (χ1v) is 16.5. The number of phenols is 1. The van der Waals surface area contributed by atoms with Crippen LogP contribution in [0.1, 0.15) is 11.1 Å². The first kappa shape index (κ1) is 28.7. The highest BCUT2D eigenvalue weighted by molar-refractivity contribution is 6.03. The van der Waals surface area contributed by atoms with E-state index in [4.69, 9.17) is 9.97 Å². The van der Waals surface area contributed by atoms with Crippen LogP contribution >= 0.6 is 0 Å². The van der Waals surface area contributed by atoms with Gasteiger partial charge in [0.2, 0.25) is 0 Å². The normalized spacial score (nSPS) is 11.6. The molecule has 49 heavy (non-hydrogen) atoms. The number of fused-ring (bicyclic) bond motifs is 3. The number of benzene rings is 6. The number of aromatic amines is 1. The second-order valence-corrected chi connectivity index (χ2v) is 12.7. The number of aryl methyl sites for hydroxylation is 2. The lowest BCUT2D eigenvalue weighted by Crippen LogP contribution is -1.98. The van der Waals surface area contributed by atoms with Crippen LogP contribution in [-0.2, 0) is 0 Å². The highest BCUT2D eigenvalue weighted by Gasteiger charge is 2.21. The lowest BCUT2D eigenvalue weighted by Gasteiger charge is -2.14. The van der Waals surface area contributed by atoms with Crippen molar-refractivity contribution in [3.8, 4) is 56.3 Å². The van der Waals surface area contributed by atoms with E-state index in [1.165, 1.54) is 11.1 Å². The van der Waals surface area contributed by atoms with Gasteiger partial charge in [-0.15, -0.1) is 0 Å². The minimum Gasteiger partial charge on any atom is -0.506 e. The van der Waals surface area contributed by atoms with Crippen molar-refractivity contribution in [3.05, 3.63) is 157 Å². The van der Waals surface area contributed by atoms with Crippen molar-refractivity contribution in [1.29, 1.82) is 0 Å². The van der Waals surface area contributed by atoms with Gasteiger partial charge < -0.3 is 10.1 Å². The van der Waals surface area contributed by atoms with E-state index < -0.39 is 0 Å². The Hall–Kier alpha value is -6.46. The zero-order chi connectivity index (χ0) is 33.1. The van der Waals surface area contributed by atoms with Crippen LogP contribution in [0.3, 0.4) is 0 Å². The average Bonchev–Trinajstić information content (AvgIpc) is 3.77. The molecule has 6 aromatic carbocycles. The summed E-state index contributed by atoms with van der Waals surface area (Å²) in [6.45, 7) is 4.23. The lowest BCUT2D eigenvalue weighted by molar-refractivity contribution is 0.480. The molecule has 3 aromatic heterocycles. The second kappa shape index (κ2) is 11.4. The summed E-state index contributed by atoms with van der Waals surface area (Å²) in [5, 5.41) is 13.1. The summed E-state index contributed by atoms with van der Waals surface area (Å²) in [4.78, 5) is 14.0. The van der Waals surface area contributed by atoms with Crippen molar-refractivity contribution in [2.24, 2.45) is 0 Å². The number of aromatic hydroxyl groups is 1. The van der Waals surface area contributed by atoms with Gasteiger partial charge in [0.25, 0.3) is 0 Å². The Morgan fingerprint density at radius 2 is 1.33 bits per heavy atom. The number of phenolic OH excluding ortho intramolecular Hbond substituents is 1. The molecule has 0 radical (unpaired) electrons. The zero-order valence-electron chi connectivity index (χ0n) is 27.1. The first-order valence-electron chi connectivity index (χ1n) is 16.5. The highest BCUT2D eigenvalue weighted by Crippen LogP contribution is 2.40. The highest BCUT2D eigenvalue weighted by atomic mass is 16.3. The number of imidazole rings is 1. The third-order valence-electron chi connectivity index (χ3n) is 9.35. The number of para-hydroxylation sites is 3. The first-order chi connectivity index (χ1) is 24.0. The number of rotatable bonds is 5. The Labute approximate surface area is 283 Å². The van der Waals surface area contributed by atoms with Crippen molar-refractivity contribution >= 4 is 32.8 Å². The van der Waals surface area contributed by atoms with Crippen molar-refractivity contribution in [2.45, 2.75) is 13.8 Å². The standard InChI is InChI=1S/C44H32N4O/c1-27-22-28(2)24-32(23-27)37-26-38(46-43-34(37)15-9-19-40(43)49)35-16-8-18-39-42(35)47-44(36-17-7-12-30-20-21-45-41(30)36)48(39)33-14-6-13-31(25-33)29-10-4-3-5-11-29/h3-26,45,49H,1-2H3. The SMILES string of the molecule is Cc1cc(C)cc(-c2cc(-c3cccc4c3nc(-c3cccc5cc[nH]c35)n4-c3cccc(-c4ccccc4)c3)nc3c(O)cccc23)c1. The Morgan fingerprint density at radius 3 is 2.18 bits per heavy atom. The topological polar surface area (TPSA) is 66.7 Å². The third kappa shape index (κ3) is 4.86. The number of aromatic nitrogens is 4. The van der Waals surface area contributed by atoms with Crippen LogP contribution in [0.25, 0.3) is 83.4 Å². The van der Waals surface area contributed by atoms with Crippen LogP contribution in [0, 0.1) is 13.8 Å². The molecule has 0 unspecified atom stereocenters. The van der Waals surface area contributed by atoms with Crippen LogP contribution in [0.5, 0.6) is 5.75 Å². The molecule has 2 N–H and O–H groups in total. The molecule has 0 saturated carbocycles. The predicted molar refractivity (Wildman–Crippen MR) is 201 cm³/mol. The van der Waals surface area contributed by atoms with E-state index in [-0.39, 0.29) is 5.75 Å². The van der Waals surface area contributed by atoms with Gasteiger partial charge in [-0.1, -0.05) is 108 Å². The lowest BCUT2D eigenvalue weighted by atomic mass is 9.95. The van der Waals surface area contributed by atoms with Crippen LogP contribution in [-0.4, -0.2) is 24.6 Å². The molecular weight excluding hydrogens is 601 g/mol. The fourth-order valence-electron chi connectivity index (χ4n) is 7.21. The van der Waals surface area contributed by atoms with E-state index in [0.717, 1.165) is 77.9 Å². The van der Waals surface area contributed by atoms with Gasteiger partial charge in [-0.05, 0) is 78.6 Å². The number of nitrogens with zero attached hydrogens (tertiary/aromatic N) is 3. The Morgan fingerprint density at radius 1 is 0.571 bits per heavy atom. The van der Waals surface area contributed by atoms with Gasteiger partial charge in [0.1, 0.15) is 17.1 Å². The minimum atomic E-state index is 0.152. The summed E-state index contributed by atoms with van der Waals surface area (Å²) in [5.74, 6) is 0.985. The Balaban J connectivity index is 1.34. The summed E-state index contributed by atoms with van der Waals surface area (Å²) in [6.07, 6.45) is 1.97. The largest absolute Gasteiger partial charge is 0.506 e. The van der Waals surface area contributed by atoms with Crippen molar-refractivity contribution in [2.75, 3.05) is 0 Å². The van der Waals surface area contributed by atoms with E-state index in [0.29, 0.717) is 5.52 Å². The van der Waals surface area contributed by atoms with E-state index >= 15 is 0 Å². The van der Waals surface area contributed by atoms with Gasteiger partial charge in [-0.25, -0.2) is 9.97 Å². The number of hydrogen-bond acceptors (Lipinski definition) is 3. The number of pyridine rings is 1. The molecule has 0 bridgehead atoms. The maximum atomic E-state index is 11.1. The molecule has 0 aliphatic carbocycles. The smallest absolute Gasteiger partial charge is 0.147 e. The maximum Gasteiger partial charge on any atom is 0.147 e. The molecule has 5 heteroatoms. The Kier molecular flexibility index (Phi) is 6.66. The fourth-order valence-corrected chi connectivity index (χ4v) is 7.21. The number of H-pyrrole nitrogens is 1. The Bertz CT molecular complexity index is 2680.